The largest absolute Gasteiger partial charge is 0.444 e. The number of urea groups is 2. The van der Waals surface area contributed by atoms with Crippen LogP contribution >= 0.6 is 0 Å². The molecule has 6 saturated heterocycles. The SMILES string of the molecule is CC(C)(C)OC(=O)N1CCC[C@@H](ONC(=O)[C@@H]2CC[C@@H]3CN2C(=O)N3OS(=O)(=O)O)C1.CCCCCCCC.CCCCCCCC.CN1C(=O)N2C[C@H]1CC[C@H]2C(=O)NO[C@@H]1CCCN(C(=O)OC(C)(C)C)C1.N. The fourth-order valence-corrected chi connectivity index (χ4v) is 9.78. The highest BCUT2D eigenvalue weighted by Gasteiger charge is 2.50. The summed E-state index contributed by atoms with van der Waals surface area (Å²) in [4.78, 5) is 92.9. The number of likely N-dealkylation sites (N-methyl/N-ethyl adjacent to an activating group) is 1. The number of hydrogen-bond acceptors (Lipinski definition) is 14. The molecule has 0 spiro atoms. The Morgan fingerprint density at radius 2 is 0.947 bits per heavy atom. The topological polar surface area (TPSA) is 281 Å². The van der Waals surface area contributed by atoms with E-state index >= 15 is 0 Å². The van der Waals surface area contributed by atoms with Gasteiger partial charge in [0.05, 0.1) is 25.2 Å². The molecule has 6 atom stereocenters. The van der Waals surface area contributed by atoms with Crippen LogP contribution in [0.1, 0.15) is 198 Å². The first-order valence-electron chi connectivity index (χ1n) is 27.5. The van der Waals surface area contributed by atoms with Crippen molar-refractivity contribution in [3.05, 3.63) is 0 Å². The molecule has 6 rings (SSSR count). The van der Waals surface area contributed by atoms with Gasteiger partial charge in [-0.25, -0.2) is 30.1 Å². The molecule has 0 radical (unpaired) electrons. The first-order chi connectivity index (χ1) is 34.8. The van der Waals surface area contributed by atoms with Crippen molar-refractivity contribution in [3.63, 3.8) is 0 Å². The molecule has 75 heavy (non-hydrogen) atoms. The summed E-state index contributed by atoms with van der Waals surface area (Å²) in [5.41, 5.74) is 3.71. The lowest BCUT2D eigenvalue weighted by Gasteiger charge is -2.34. The first kappa shape index (κ1) is 66.9. The summed E-state index contributed by atoms with van der Waals surface area (Å²) in [7, 11) is -3.08. The normalized spacial score (nSPS) is 23.4. The van der Waals surface area contributed by atoms with E-state index < -0.39 is 63.9 Å². The number of rotatable bonds is 18. The number of amides is 8. The van der Waals surface area contributed by atoms with Crippen molar-refractivity contribution in [2.75, 3.05) is 46.3 Å². The monoisotopic (exact) mass is 1090 g/mol. The molecule has 0 aromatic carbocycles. The van der Waals surface area contributed by atoms with Gasteiger partial charge in [-0.05, 0) is 92.9 Å². The number of unbranched alkanes of at least 4 members (excludes halogenated alkanes) is 10. The minimum absolute atomic E-state index is 0. The number of carbonyl (C=O) groups excluding carboxylic acids is 6. The highest BCUT2D eigenvalue weighted by molar-refractivity contribution is 7.80. The summed E-state index contributed by atoms with van der Waals surface area (Å²) in [5.74, 6) is -0.860. The van der Waals surface area contributed by atoms with E-state index in [4.69, 9.17) is 23.7 Å². The minimum Gasteiger partial charge on any atom is -0.444 e. The Balaban J connectivity index is 0.000000396. The summed E-state index contributed by atoms with van der Waals surface area (Å²) in [6, 6.07) is -2.68. The van der Waals surface area contributed by atoms with Gasteiger partial charge in [-0.3, -0.25) is 23.8 Å². The first-order valence-corrected chi connectivity index (χ1v) is 28.9. The van der Waals surface area contributed by atoms with Crippen molar-refractivity contribution in [1.82, 2.24) is 46.7 Å². The Kier molecular flexibility index (Phi) is 29.0. The third kappa shape index (κ3) is 23.5. The Morgan fingerprint density at radius 3 is 1.32 bits per heavy atom. The second kappa shape index (κ2) is 32.5. The van der Waals surface area contributed by atoms with Crippen LogP contribution in [0.2, 0.25) is 0 Å². The maximum atomic E-state index is 12.6. The molecule has 23 nitrogen and oxygen atoms in total. The van der Waals surface area contributed by atoms with Crippen molar-refractivity contribution < 1.29 is 65.2 Å². The van der Waals surface area contributed by atoms with Gasteiger partial charge in [-0.15, -0.1) is 4.28 Å². The molecular formula is C51H97N9O14S. The number of piperidine rings is 4. The number of fused-ring (bicyclic) bond motifs is 4. The van der Waals surface area contributed by atoms with Gasteiger partial charge in [0, 0.05) is 33.2 Å². The fraction of sp³-hybridized carbons (Fsp3) is 0.882. The predicted molar refractivity (Wildman–Crippen MR) is 283 cm³/mol. The third-order valence-corrected chi connectivity index (χ3v) is 13.7. The molecular weight excluding hydrogens is 995 g/mol. The summed E-state index contributed by atoms with van der Waals surface area (Å²) in [6.45, 7) is 22.3. The van der Waals surface area contributed by atoms with E-state index in [0.29, 0.717) is 56.9 Å². The summed E-state index contributed by atoms with van der Waals surface area (Å²) in [5, 5.41) is 0.573. The molecule has 0 unspecified atom stereocenters. The van der Waals surface area contributed by atoms with Crippen LogP contribution in [-0.2, 0) is 43.4 Å². The molecule has 0 aromatic heterocycles. The minimum atomic E-state index is -4.85. The Morgan fingerprint density at radius 1 is 0.573 bits per heavy atom. The van der Waals surface area contributed by atoms with Crippen LogP contribution in [0.3, 0.4) is 0 Å². The standard InChI is InChI=1S/C18H30N4O5.C17H28N4O9S.2C8H18.H3N/c1-18(2,3)26-17(25)21-9-5-6-13(11-21)27-19-15(23)14-8-7-12-10-22(14)16(24)20(12)4;1-17(2,3)28-16(24)19-8-4-5-12(10-19)29-18-14(22)13-7-6-11-9-20(13)15(23)21(11)30-31(25,26)27;2*1-3-5-7-8-6-4-2;/h12-14H,5-11H2,1-4H3,(H,19,23);11-13H,4-10H2,1-3H3,(H,18,22)(H,25,26,27);2*3-8H2,1-2H3;1H3/t12-,13-,14+;11-,12-,13+;;;/m11.../s1. The number of nitrogens with zero attached hydrogens (tertiary/aromatic N) is 6. The van der Waals surface area contributed by atoms with Gasteiger partial charge in [-0.1, -0.05) is 105 Å². The zero-order valence-electron chi connectivity index (χ0n) is 47.4. The van der Waals surface area contributed by atoms with Crippen molar-refractivity contribution in [3.8, 4) is 0 Å². The molecule has 6 N–H and O–H groups in total. The van der Waals surface area contributed by atoms with E-state index in [1.165, 1.54) is 86.8 Å². The predicted octanol–water partition coefficient (Wildman–Crippen LogP) is 8.66. The second-order valence-electron chi connectivity index (χ2n) is 22.2. The molecule has 24 heteroatoms. The molecule has 0 aromatic rings. The molecule has 6 fully saturated rings. The van der Waals surface area contributed by atoms with Gasteiger partial charge in [0.15, 0.2) is 0 Å². The van der Waals surface area contributed by atoms with Crippen LogP contribution < -0.4 is 17.1 Å². The lowest BCUT2D eigenvalue weighted by molar-refractivity contribution is -0.146. The zero-order valence-corrected chi connectivity index (χ0v) is 48.2. The van der Waals surface area contributed by atoms with Crippen molar-refractivity contribution in [2.45, 2.75) is 245 Å². The molecule has 6 aliphatic heterocycles. The number of ether oxygens (including phenoxy) is 2. The van der Waals surface area contributed by atoms with Gasteiger partial charge in [-0.2, -0.15) is 13.5 Å². The van der Waals surface area contributed by atoms with E-state index in [0.717, 1.165) is 19.3 Å². The summed E-state index contributed by atoms with van der Waals surface area (Å²) < 4.78 is 45.8. The van der Waals surface area contributed by atoms with E-state index in [1.54, 1.807) is 42.5 Å². The van der Waals surface area contributed by atoms with E-state index in [9.17, 15) is 37.2 Å². The van der Waals surface area contributed by atoms with Gasteiger partial charge in [0.1, 0.15) is 35.5 Å². The number of hydrogen-bond donors (Lipinski definition) is 4. The number of nitrogens with one attached hydrogen (secondary N) is 2. The molecule has 6 aliphatic rings. The lowest BCUT2D eigenvalue weighted by atomic mass is 10.0. The average Bonchev–Trinajstić information content (AvgIpc) is 3.70. The van der Waals surface area contributed by atoms with Crippen molar-refractivity contribution in [2.24, 2.45) is 0 Å². The van der Waals surface area contributed by atoms with Gasteiger partial charge < -0.3 is 40.1 Å². The fourth-order valence-electron chi connectivity index (χ4n) is 9.39. The molecule has 436 valence electrons. The van der Waals surface area contributed by atoms with Gasteiger partial charge in [0.25, 0.3) is 11.8 Å². The molecule has 6 heterocycles. The van der Waals surface area contributed by atoms with Crippen LogP contribution in [0, 0.1) is 0 Å². The quantitative estimate of drug-likeness (QED) is 0.0567. The van der Waals surface area contributed by atoms with E-state index in [1.807, 2.05) is 20.8 Å². The van der Waals surface area contributed by atoms with Crippen LogP contribution in [0.4, 0.5) is 19.2 Å². The molecule has 4 bridgehead atoms. The third-order valence-electron chi connectivity index (χ3n) is 13.4. The highest BCUT2D eigenvalue weighted by Crippen LogP contribution is 2.32. The maximum Gasteiger partial charge on any atom is 0.418 e. The summed E-state index contributed by atoms with van der Waals surface area (Å²) >= 11 is 0. The molecule has 8 amide bonds. The van der Waals surface area contributed by atoms with Crippen LogP contribution in [0.15, 0.2) is 0 Å². The second-order valence-corrected chi connectivity index (χ2v) is 23.2. The highest BCUT2D eigenvalue weighted by atomic mass is 32.3. The van der Waals surface area contributed by atoms with Gasteiger partial charge >= 0.3 is 34.6 Å². The Bertz CT molecular complexity index is 1860. The molecule has 0 saturated carbocycles. The average molecular weight is 1090 g/mol. The van der Waals surface area contributed by atoms with Crippen LogP contribution in [0.5, 0.6) is 0 Å². The van der Waals surface area contributed by atoms with E-state index in [-0.39, 0.29) is 55.8 Å². The molecule has 0 aliphatic carbocycles. The summed E-state index contributed by atoms with van der Waals surface area (Å²) in [6.07, 6.45) is 20.3. The smallest absolute Gasteiger partial charge is 0.418 e. The maximum absolute atomic E-state index is 12.6. The van der Waals surface area contributed by atoms with Crippen molar-refractivity contribution >= 4 is 46.5 Å². The lowest BCUT2D eigenvalue weighted by Crippen LogP contribution is -2.52. The van der Waals surface area contributed by atoms with Crippen LogP contribution in [0.25, 0.3) is 0 Å². The van der Waals surface area contributed by atoms with Gasteiger partial charge in [0.2, 0.25) is 0 Å². The number of likely N-dealkylation sites (tertiary alicyclic amines) is 2. The Hall–Kier alpha value is -4.23. The number of hydroxylamine groups is 4. The van der Waals surface area contributed by atoms with Crippen molar-refractivity contribution in [1.29, 1.82) is 0 Å². The van der Waals surface area contributed by atoms with Crippen LogP contribution in [-0.4, -0.2) is 172 Å². The van der Waals surface area contributed by atoms with E-state index in [2.05, 4.69) is 42.9 Å². The zero-order chi connectivity index (χ0) is 55.2. The Labute approximate surface area is 448 Å². The number of carbonyl (C=O) groups is 6.